The summed E-state index contributed by atoms with van der Waals surface area (Å²) in [5, 5.41) is 0. The van der Waals surface area contributed by atoms with Gasteiger partial charge in [0.25, 0.3) is 0 Å². The molecule has 4 heteroatoms. The van der Waals surface area contributed by atoms with Gasteiger partial charge in [0.1, 0.15) is 6.10 Å². The Kier molecular flexibility index (Phi) is 8.41. The second kappa shape index (κ2) is 9.81. The zero-order valence-electron chi connectivity index (χ0n) is 12.6. The summed E-state index contributed by atoms with van der Waals surface area (Å²) >= 11 is 3.67. The smallest absolute Gasteiger partial charge is 0.302 e. The number of ether oxygens (including phenoxy) is 2. The van der Waals surface area contributed by atoms with Gasteiger partial charge < -0.3 is 9.47 Å². The molecule has 1 aliphatic rings. The third-order valence-corrected chi connectivity index (χ3v) is 4.26. The van der Waals surface area contributed by atoms with Gasteiger partial charge in [0.2, 0.25) is 0 Å². The van der Waals surface area contributed by atoms with Gasteiger partial charge in [-0.15, -0.1) is 6.42 Å². The van der Waals surface area contributed by atoms with Crippen molar-refractivity contribution in [3.8, 4) is 12.3 Å². The topological polar surface area (TPSA) is 35.5 Å². The molecular formula is C17H23BrO3. The van der Waals surface area contributed by atoms with Crippen molar-refractivity contribution in [2.75, 3.05) is 0 Å². The number of rotatable bonds is 7. The summed E-state index contributed by atoms with van der Waals surface area (Å²) in [4.78, 5) is 11.4. The Labute approximate surface area is 135 Å². The van der Waals surface area contributed by atoms with E-state index in [-0.39, 0.29) is 29.1 Å². The molecule has 116 valence electrons. The van der Waals surface area contributed by atoms with Gasteiger partial charge in [0.05, 0.1) is 12.2 Å². The van der Waals surface area contributed by atoms with Crippen LogP contribution >= 0.6 is 15.9 Å². The monoisotopic (exact) mass is 354 g/mol. The molecule has 3 nitrogen and oxygen atoms in total. The Morgan fingerprint density at radius 3 is 2.90 bits per heavy atom. The molecule has 1 saturated heterocycles. The van der Waals surface area contributed by atoms with Crippen molar-refractivity contribution in [2.24, 2.45) is 0 Å². The van der Waals surface area contributed by atoms with Crippen LogP contribution in [0.1, 0.15) is 39.5 Å². The summed E-state index contributed by atoms with van der Waals surface area (Å²) < 4.78 is 11.4. The fourth-order valence-corrected chi connectivity index (χ4v) is 2.90. The van der Waals surface area contributed by atoms with Crippen LogP contribution in [0.4, 0.5) is 0 Å². The third-order valence-electron chi connectivity index (χ3n) is 3.30. The molecule has 0 aromatic carbocycles. The molecule has 0 bridgehead atoms. The molecule has 0 aromatic heterocycles. The first kappa shape index (κ1) is 18.0. The second-order valence-electron chi connectivity index (χ2n) is 5.03. The van der Waals surface area contributed by atoms with Crippen LogP contribution in [0.5, 0.6) is 0 Å². The molecule has 0 aromatic rings. The SMILES string of the molecule is C#C/C=C\C[C@H]1O[C@@H]([C@@H](Br)C/C=C/CC)C[C@H]1OC(C)=O. The number of esters is 1. The number of carbonyl (C=O) groups is 1. The van der Waals surface area contributed by atoms with E-state index in [9.17, 15) is 4.79 Å². The minimum Gasteiger partial charge on any atom is -0.460 e. The summed E-state index contributed by atoms with van der Waals surface area (Å²) in [6.45, 7) is 3.54. The molecule has 0 radical (unpaired) electrons. The summed E-state index contributed by atoms with van der Waals surface area (Å²) in [6.07, 6.45) is 16.0. The van der Waals surface area contributed by atoms with Crippen molar-refractivity contribution in [3.05, 3.63) is 24.3 Å². The van der Waals surface area contributed by atoms with Gasteiger partial charge in [-0.05, 0) is 25.3 Å². The van der Waals surface area contributed by atoms with Gasteiger partial charge in [-0.1, -0.05) is 47.0 Å². The third kappa shape index (κ3) is 6.50. The average Bonchev–Trinajstić information content (AvgIpc) is 2.82. The molecule has 1 rings (SSSR count). The van der Waals surface area contributed by atoms with Gasteiger partial charge in [0.15, 0.2) is 0 Å². The van der Waals surface area contributed by atoms with Crippen LogP contribution in [0, 0.1) is 12.3 Å². The molecule has 0 aliphatic carbocycles. The largest absolute Gasteiger partial charge is 0.460 e. The Balaban J connectivity index is 2.61. The Morgan fingerprint density at radius 2 is 2.29 bits per heavy atom. The molecule has 1 aliphatic heterocycles. The van der Waals surface area contributed by atoms with Crippen LogP contribution in [0.3, 0.4) is 0 Å². The highest BCUT2D eigenvalue weighted by atomic mass is 79.9. The van der Waals surface area contributed by atoms with E-state index in [1.54, 1.807) is 6.08 Å². The van der Waals surface area contributed by atoms with Gasteiger partial charge in [0, 0.05) is 18.2 Å². The molecule has 0 N–H and O–H groups in total. The van der Waals surface area contributed by atoms with Crippen molar-refractivity contribution in [2.45, 2.75) is 62.7 Å². The Bertz CT molecular complexity index is 422. The van der Waals surface area contributed by atoms with Crippen LogP contribution in [0.15, 0.2) is 24.3 Å². The van der Waals surface area contributed by atoms with E-state index in [4.69, 9.17) is 15.9 Å². The lowest BCUT2D eigenvalue weighted by Crippen LogP contribution is -2.25. The van der Waals surface area contributed by atoms with E-state index in [0.29, 0.717) is 12.8 Å². The quantitative estimate of drug-likeness (QED) is 0.302. The summed E-state index contributed by atoms with van der Waals surface area (Å²) in [7, 11) is 0. The number of hydrogen-bond donors (Lipinski definition) is 0. The van der Waals surface area contributed by atoms with Gasteiger partial charge >= 0.3 is 5.97 Å². The number of halogens is 1. The van der Waals surface area contributed by atoms with Gasteiger partial charge in [-0.25, -0.2) is 0 Å². The zero-order chi connectivity index (χ0) is 15.7. The van der Waals surface area contributed by atoms with E-state index in [1.165, 1.54) is 6.92 Å². The number of alkyl halides is 1. The maximum atomic E-state index is 11.2. The molecule has 1 fully saturated rings. The van der Waals surface area contributed by atoms with E-state index < -0.39 is 0 Å². The molecule has 0 spiro atoms. The van der Waals surface area contributed by atoms with Crippen LogP contribution < -0.4 is 0 Å². The molecular weight excluding hydrogens is 332 g/mol. The minimum absolute atomic E-state index is 0.0418. The van der Waals surface area contributed by atoms with Crippen LogP contribution in [0.2, 0.25) is 0 Å². The Hall–Kier alpha value is -1.05. The van der Waals surface area contributed by atoms with Crippen molar-refractivity contribution in [1.82, 2.24) is 0 Å². The van der Waals surface area contributed by atoms with Crippen LogP contribution in [-0.4, -0.2) is 29.1 Å². The van der Waals surface area contributed by atoms with Crippen molar-refractivity contribution in [3.63, 3.8) is 0 Å². The maximum Gasteiger partial charge on any atom is 0.302 e. The van der Waals surface area contributed by atoms with Crippen molar-refractivity contribution >= 4 is 21.9 Å². The number of allylic oxidation sites excluding steroid dienone is 3. The molecule has 21 heavy (non-hydrogen) atoms. The summed E-state index contributed by atoms with van der Waals surface area (Å²) in [6, 6.07) is 0. The zero-order valence-corrected chi connectivity index (χ0v) is 14.2. The van der Waals surface area contributed by atoms with Gasteiger partial charge in [-0.3, -0.25) is 4.79 Å². The summed E-state index contributed by atoms with van der Waals surface area (Å²) in [5.74, 6) is 2.18. The second-order valence-corrected chi connectivity index (χ2v) is 6.21. The normalized spacial score (nSPS) is 27.0. The highest BCUT2D eigenvalue weighted by Gasteiger charge is 2.39. The van der Waals surface area contributed by atoms with E-state index >= 15 is 0 Å². The lowest BCUT2D eigenvalue weighted by Gasteiger charge is -2.17. The standard InChI is InChI=1S/C17H23BrO3/c1-4-6-8-10-14(18)16-12-17(20-13(3)19)15(21-16)11-9-7-5-2/h2,6-9,14-17H,4,10-12H2,1,3H3/b8-6+,9-7-/t14-,15+,16+,17+/m0/s1. The highest BCUT2D eigenvalue weighted by Crippen LogP contribution is 2.31. The molecule has 0 unspecified atom stereocenters. The average molecular weight is 355 g/mol. The maximum absolute atomic E-state index is 11.2. The molecule has 0 saturated carbocycles. The van der Waals surface area contributed by atoms with Crippen molar-refractivity contribution in [1.29, 1.82) is 0 Å². The molecule has 1 heterocycles. The number of carbonyl (C=O) groups excluding carboxylic acids is 1. The lowest BCUT2D eigenvalue weighted by atomic mass is 10.1. The van der Waals surface area contributed by atoms with Crippen molar-refractivity contribution < 1.29 is 14.3 Å². The molecule has 4 atom stereocenters. The fraction of sp³-hybridized carbons (Fsp3) is 0.588. The summed E-state index contributed by atoms with van der Waals surface area (Å²) in [5.41, 5.74) is 0. The first-order valence-corrected chi connectivity index (χ1v) is 8.22. The van der Waals surface area contributed by atoms with Crippen LogP contribution in [-0.2, 0) is 14.3 Å². The predicted molar refractivity (Wildman–Crippen MR) is 88.2 cm³/mol. The van der Waals surface area contributed by atoms with E-state index in [1.807, 2.05) is 6.08 Å². The number of hydrogen-bond acceptors (Lipinski definition) is 3. The first-order chi connectivity index (χ1) is 10.1. The minimum atomic E-state index is -0.271. The first-order valence-electron chi connectivity index (χ1n) is 7.31. The fourth-order valence-electron chi connectivity index (χ4n) is 2.34. The van der Waals surface area contributed by atoms with E-state index in [0.717, 1.165) is 12.8 Å². The number of terminal acetylenes is 1. The Morgan fingerprint density at radius 1 is 1.52 bits per heavy atom. The van der Waals surface area contributed by atoms with Gasteiger partial charge in [-0.2, -0.15) is 0 Å². The highest BCUT2D eigenvalue weighted by molar-refractivity contribution is 9.09. The van der Waals surface area contributed by atoms with E-state index in [2.05, 4.69) is 40.9 Å². The molecule has 0 amide bonds. The predicted octanol–water partition coefficient (Wildman–Crippen LogP) is 3.77. The lowest BCUT2D eigenvalue weighted by molar-refractivity contribution is -0.148. The van der Waals surface area contributed by atoms with Crippen LogP contribution in [0.25, 0.3) is 0 Å².